The molecule has 5 heteroatoms. The topological polar surface area (TPSA) is 88.0 Å². The molecule has 0 heterocycles. The summed E-state index contributed by atoms with van der Waals surface area (Å²) >= 11 is 0. The van der Waals surface area contributed by atoms with Crippen LogP contribution in [0.15, 0.2) is 46.6 Å². The van der Waals surface area contributed by atoms with Crippen LogP contribution in [0, 0.1) is 13.8 Å². The fourth-order valence-electron chi connectivity index (χ4n) is 1.79. The van der Waals surface area contributed by atoms with Crippen molar-refractivity contribution in [2.75, 3.05) is 5.73 Å². The van der Waals surface area contributed by atoms with Gasteiger partial charge in [-0.1, -0.05) is 12.1 Å². The van der Waals surface area contributed by atoms with Crippen LogP contribution < -0.4 is 5.73 Å². The van der Waals surface area contributed by atoms with Gasteiger partial charge in [0.1, 0.15) is 5.69 Å². The van der Waals surface area contributed by atoms with Crippen LogP contribution in [0.25, 0.3) is 0 Å². The number of rotatable bonds is 3. The molecule has 3 N–H and O–H groups in total. The maximum atomic E-state index is 11.1. The van der Waals surface area contributed by atoms with E-state index in [1.807, 2.05) is 13.8 Å². The molecule has 0 saturated carbocycles. The quantitative estimate of drug-likeness (QED) is 0.652. The molecule has 20 heavy (non-hydrogen) atoms. The molecule has 0 aliphatic heterocycles. The first-order valence-corrected chi connectivity index (χ1v) is 6.10. The van der Waals surface area contributed by atoms with Crippen molar-refractivity contribution in [3.63, 3.8) is 0 Å². The lowest BCUT2D eigenvalue weighted by molar-refractivity contribution is 0.0698. The van der Waals surface area contributed by atoms with Gasteiger partial charge in [0.2, 0.25) is 0 Å². The number of nitrogens with two attached hydrogens (primary N) is 1. The zero-order valence-electron chi connectivity index (χ0n) is 11.3. The molecular formula is C15H15N3O2. The summed E-state index contributed by atoms with van der Waals surface area (Å²) in [6, 6.07) is 10.0. The van der Waals surface area contributed by atoms with Gasteiger partial charge in [-0.25, -0.2) is 4.79 Å². The van der Waals surface area contributed by atoms with Crippen LogP contribution >= 0.6 is 0 Å². The van der Waals surface area contributed by atoms with Gasteiger partial charge < -0.3 is 10.8 Å². The van der Waals surface area contributed by atoms with Crippen molar-refractivity contribution in [1.82, 2.24) is 0 Å². The Morgan fingerprint density at radius 3 is 2.35 bits per heavy atom. The SMILES string of the molecule is Cc1c(N)ccc(N=Nc2ccccc2C(=O)O)c1C. The molecule has 102 valence electrons. The lowest BCUT2D eigenvalue weighted by Crippen LogP contribution is -1.95. The van der Waals surface area contributed by atoms with Crippen molar-refractivity contribution < 1.29 is 9.90 Å². The molecule has 2 aromatic rings. The lowest BCUT2D eigenvalue weighted by Gasteiger charge is -2.06. The zero-order valence-corrected chi connectivity index (χ0v) is 11.3. The average molecular weight is 269 g/mol. The maximum absolute atomic E-state index is 11.1. The third-order valence-electron chi connectivity index (χ3n) is 3.20. The number of carbonyl (C=O) groups is 1. The number of carboxylic acids is 1. The minimum atomic E-state index is -1.02. The first kappa shape index (κ1) is 13.7. The number of benzene rings is 2. The zero-order chi connectivity index (χ0) is 14.7. The normalized spacial score (nSPS) is 10.9. The van der Waals surface area contributed by atoms with E-state index in [9.17, 15) is 4.79 Å². The van der Waals surface area contributed by atoms with Gasteiger partial charge in [-0.05, 0) is 49.2 Å². The Bertz CT molecular complexity index is 694. The minimum absolute atomic E-state index is 0.126. The van der Waals surface area contributed by atoms with Crippen molar-refractivity contribution in [2.24, 2.45) is 10.2 Å². The van der Waals surface area contributed by atoms with E-state index in [2.05, 4.69) is 10.2 Å². The first-order valence-electron chi connectivity index (χ1n) is 6.10. The van der Waals surface area contributed by atoms with Gasteiger partial charge in [0.25, 0.3) is 0 Å². The molecule has 0 fully saturated rings. The number of anilines is 1. The van der Waals surface area contributed by atoms with Crippen molar-refractivity contribution in [3.05, 3.63) is 53.1 Å². The number of aromatic carboxylic acids is 1. The van der Waals surface area contributed by atoms with Crippen LogP contribution in [0.2, 0.25) is 0 Å². The molecular weight excluding hydrogens is 254 g/mol. The fraction of sp³-hybridized carbons (Fsp3) is 0.133. The van der Waals surface area contributed by atoms with Crippen molar-refractivity contribution in [2.45, 2.75) is 13.8 Å². The van der Waals surface area contributed by atoms with Crippen molar-refractivity contribution >= 4 is 23.0 Å². The summed E-state index contributed by atoms with van der Waals surface area (Å²) in [5.74, 6) is -1.02. The molecule has 0 radical (unpaired) electrons. The smallest absolute Gasteiger partial charge is 0.337 e. The van der Waals surface area contributed by atoms with Gasteiger partial charge in [0.05, 0.1) is 11.3 Å². The van der Waals surface area contributed by atoms with Crippen LogP contribution in [-0.4, -0.2) is 11.1 Å². The fourth-order valence-corrected chi connectivity index (χ4v) is 1.79. The Kier molecular flexibility index (Phi) is 3.79. The van der Waals surface area contributed by atoms with Gasteiger partial charge in [0, 0.05) is 5.69 Å². The van der Waals surface area contributed by atoms with E-state index in [4.69, 9.17) is 10.8 Å². The number of hydrogen-bond acceptors (Lipinski definition) is 4. The second kappa shape index (κ2) is 5.52. The van der Waals surface area contributed by atoms with E-state index in [-0.39, 0.29) is 5.56 Å². The van der Waals surface area contributed by atoms with E-state index in [1.54, 1.807) is 30.3 Å². The number of hydrogen-bond donors (Lipinski definition) is 2. The second-order valence-electron chi connectivity index (χ2n) is 4.45. The number of azo groups is 1. The first-order chi connectivity index (χ1) is 9.50. The number of carboxylic acid groups (broad SMARTS) is 1. The summed E-state index contributed by atoms with van der Waals surface area (Å²) in [6.45, 7) is 3.82. The predicted octanol–water partition coefficient (Wildman–Crippen LogP) is 4.00. The Morgan fingerprint density at radius 2 is 1.65 bits per heavy atom. The Balaban J connectivity index is 2.40. The molecule has 0 spiro atoms. The van der Waals surface area contributed by atoms with Crippen LogP contribution in [0.5, 0.6) is 0 Å². The third-order valence-corrected chi connectivity index (χ3v) is 3.20. The summed E-state index contributed by atoms with van der Waals surface area (Å²) in [7, 11) is 0. The van der Waals surface area contributed by atoms with E-state index in [1.165, 1.54) is 6.07 Å². The lowest BCUT2D eigenvalue weighted by atomic mass is 10.1. The van der Waals surface area contributed by atoms with E-state index >= 15 is 0 Å². The molecule has 0 aromatic heterocycles. The molecule has 5 nitrogen and oxygen atoms in total. The molecule has 0 saturated heterocycles. The van der Waals surface area contributed by atoms with Crippen LogP contribution in [0.4, 0.5) is 17.1 Å². The Hall–Kier alpha value is -2.69. The molecule has 0 amide bonds. The summed E-state index contributed by atoms with van der Waals surface area (Å²) in [5, 5.41) is 17.2. The monoisotopic (exact) mass is 269 g/mol. The van der Waals surface area contributed by atoms with Gasteiger partial charge in [-0.15, -0.1) is 5.11 Å². The number of nitrogens with zero attached hydrogens (tertiary/aromatic N) is 2. The van der Waals surface area contributed by atoms with Crippen molar-refractivity contribution in [1.29, 1.82) is 0 Å². The van der Waals surface area contributed by atoms with E-state index < -0.39 is 5.97 Å². The minimum Gasteiger partial charge on any atom is -0.478 e. The Labute approximate surface area is 116 Å². The molecule has 0 unspecified atom stereocenters. The highest BCUT2D eigenvalue weighted by Crippen LogP contribution is 2.28. The van der Waals surface area contributed by atoms with Crippen LogP contribution in [0.1, 0.15) is 21.5 Å². The third kappa shape index (κ3) is 2.66. The summed E-state index contributed by atoms with van der Waals surface area (Å²) in [4.78, 5) is 11.1. The van der Waals surface area contributed by atoms with Gasteiger partial charge in [-0.2, -0.15) is 5.11 Å². The molecule has 0 aliphatic carbocycles. The van der Waals surface area contributed by atoms with Gasteiger partial charge in [-0.3, -0.25) is 0 Å². The van der Waals surface area contributed by atoms with E-state index in [0.717, 1.165) is 11.1 Å². The van der Waals surface area contributed by atoms with Gasteiger partial charge >= 0.3 is 5.97 Å². The molecule has 2 aromatic carbocycles. The van der Waals surface area contributed by atoms with Crippen molar-refractivity contribution in [3.8, 4) is 0 Å². The highest BCUT2D eigenvalue weighted by atomic mass is 16.4. The highest BCUT2D eigenvalue weighted by Gasteiger charge is 2.08. The predicted molar refractivity (Wildman–Crippen MR) is 77.9 cm³/mol. The summed E-state index contributed by atoms with van der Waals surface area (Å²) in [6.07, 6.45) is 0. The maximum Gasteiger partial charge on any atom is 0.337 e. The molecule has 0 bridgehead atoms. The average Bonchev–Trinajstić information content (AvgIpc) is 2.44. The second-order valence-corrected chi connectivity index (χ2v) is 4.45. The van der Waals surface area contributed by atoms with Crippen LogP contribution in [0.3, 0.4) is 0 Å². The standard InChI is InChI=1S/C15H15N3O2/c1-9-10(2)13(8-7-12(9)16)17-18-14-6-4-3-5-11(14)15(19)20/h3-8H,16H2,1-2H3,(H,19,20). The van der Waals surface area contributed by atoms with Gasteiger partial charge in [0.15, 0.2) is 0 Å². The highest BCUT2D eigenvalue weighted by molar-refractivity contribution is 5.93. The molecule has 0 atom stereocenters. The Morgan fingerprint density at radius 1 is 1.00 bits per heavy atom. The van der Waals surface area contributed by atoms with Crippen LogP contribution in [-0.2, 0) is 0 Å². The molecule has 2 rings (SSSR count). The largest absolute Gasteiger partial charge is 0.478 e. The molecule has 0 aliphatic rings. The van der Waals surface area contributed by atoms with E-state index in [0.29, 0.717) is 17.1 Å². The summed E-state index contributed by atoms with van der Waals surface area (Å²) in [5.41, 5.74) is 9.53. The number of nitrogen functional groups attached to an aromatic ring is 1. The summed E-state index contributed by atoms with van der Waals surface area (Å²) < 4.78 is 0.